The molecule has 0 spiro atoms. The molecule has 1 aliphatic heterocycles. The van der Waals surface area contributed by atoms with Gasteiger partial charge in [-0.2, -0.15) is 0 Å². The van der Waals surface area contributed by atoms with Gasteiger partial charge in [-0.15, -0.1) is 6.58 Å². The van der Waals surface area contributed by atoms with Crippen LogP contribution in [0.3, 0.4) is 0 Å². The van der Waals surface area contributed by atoms with E-state index in [-0.39, 0.29) is 0 Å². The smallest absolute Gasteiger partial charge is 0.00178 e. The molecule has 1 saturated heterocycles. The normalized spacial score (nSPS) is 39.1. The van der Waals surface area contributed by atoms with E-state index in [4.69, 9.17) is 0 Å². The van der Waals surface area contributed by atoms with Gasteiger partial charge in [-0.05, 0) is 62.4 Å². The first kappa shape index (κ1) is 10.2. The molecule has 0 amide bonds. The van der Waals surface area contributed by atoms with E-state index in [1.165, 1.54) is 38.8 Å². The maximum atomic E-state index is 3.85. The van der Waals surface area contributed by atoms with Gasteiger partial charge in [-0.3, -0.25) is 0 Å². The number of piperidine rings is 1. The van der Waals surface area contributed by atoms with Gasteiger partial charge in [0.1, 0.15) is 0 Å². The molecule has 0 bridgehead atoms. The molecule has 0 radical (unpaired) electrons. The summed E-state index contributed by atoms with van der Waals surface area (Å²) in [5.74, 6) is 3.86. The highest BCUT2D eigenvalue weighted by Gasteiger charge is 2.37. The fourth-order valence-electron chi connectivity index (χ4n) is 3.36. The molecule has 1 aliphatic carbocycles. The lowest BCUT2D eigenvalue weighted by molar-refractivity contribution is 0.295. The molecule has 1 nitrogen and oxygen atoms in total. The zero-order chi connectivity index (χ0) is 9.97. The molecule has 1 saturated carbocycles. The van der Waals surface area contributed by atoms with Crippen molar-refractivity contribution in [3.8, 4) is 0 Å². The lowest BCUT2D eigenvalue weighted by atomic mass is 9.89. The lowest BCUT2D eigenvalue weighted by Crippen LogP contribution is -2.33. The second kappa shape index (κ2) is 4.48. The summed E-state index contributed by atoms with van der Waals surface area (Å²) in [6.45, 7) is 8.78. The minimum Gasteiger partial charge on any atom is -0.316 e. The maximum absolute atomic E-state index is 3.85. The summed E-state index contributed by atoms with van der Waals surface area (Å²) in [5, 5.41) is 3.53. The van der Waals surface area contributed by atoms with E-state index < -0.39 is 0 Å². The third-order valence-electron chi connectivity index (χ3n) is 4.32. The van der Waals surface area contributed by atoms with Crippen LogP contribution in [0, 0.1) is 23.7 Å². The van der Waals surface area contributed by atoms with Crippen molar-refractivity contribution in [2.24, 2.45) is 23.7 Å². The van der Waals surface area contributed by atoms with E-state index in [9.17, 15) is 0 Å². The van der Waals surface area contributed by atoms with Crippen molar-refractivity contribution in [2.45, 2.75) is 32.6 Å². The summed E-state index contributed by atoms with van der Waals surface area (Å²) in [6, 6.07) is 0. The highest BCUT2D eigenvalue weighted by molar-refractivity contribution is 4.90. The molecule has 0 aromatic rings. The van der Waals surface area contributed by atoms with Gasteiger partial charge in [0.05, 0.1) is 0 Å². The van der Waals surface area contributed by atoms with Crippen LogP contribution in [0.5, 0.6) is 0 Å². The predicted octanol–water partition coefficient (Wildman–Crippen LogP) is 2.83. The average molecular weight is 193 g/mol. The van der Waals surface area contributed by atoms with Crippen LogP contribution in [0.25, 0.3) is 0 Å². The van der Waals surface area contributed by atoms with Crippen molar-refractivity contribution in [2.75, 3.05) is 13.1 Å². The quantitative estimate of drug-likeness (QED) is 0.680. The predicted molar refractivity (Wildman–Crippen MR) is 61.2 cm³/mol. The number of allylic oxidation sites excluding steroid dienone is 1. The topological polar surface area (TPSA) is 12.0 Å². The molecule has 14 heavy (non-hydrogen) atoms. The van der Waals surface area contributed by atoms with Gasteiger partial charge in [0.2, 0.25) is 0 Å². The molecule has 4 unspecified atom stereocenters. The first-order valence-corrected chi connectivity index (χ1v) is 6.13. The van der Waals surface area contributed by atoms with Crippen molar-refractivity contribution in [1.82, 2.24) is 5.32 Å². The molecular formula is C13H23N. The molecular weight excluding hydrogens is 170 g/mol. The largest absolute Gasteiger partial charge is 0.316 e. The van der Waals surface area contributed by atoms with Crippen molar-refractivity contribution < 1.29 is 0 Å². The van der Waals surface area contributed by atoms with Crippen LogP contribution in [0.15, 0.2) is 12.7 Å². The first-order valence-electron chi connectivity index (χ1n) is 6.13. The van der Waals surface area contributed by atoms with Gasteiger partial charge in [0, 0.05) is 0 Å². The highest BCUT2D eigenvalue weighted by atomic mass is 14.9. The summed E-state index contributed by atoms with van der Waals surface area (Å²) in [6.07, 6.45) is 7.67. The first-order chi connectivity index (χ1) is 6.81. The summed E-state index contributed by atoms with van der Waals surface area (Å²) >= 11 is 0. The molecule has 1 heterocycles. The van der Waals surface area contributed by atoms with Crippen molar-refractivity contribution in [3.05, 3.63) is 12.7 Å². The number of fused-ring (bicyclic) bond motifs is 1. The summed E-state index contributed by atoms with van der Waals surface area (Å²) in [7, 11) is 0. The molecule has 1 heteroatoms. The Bertz CT molecular complexity index is 185. The van der Waals surface area contributed by atoms with E-state index in [0.717, 1.165) is 23.7 Å². The van der Waals surface area contributed by atoms with Crippen LogP contribution < -0.4 is 5.32 Å². The summed E-state index contributed by atoms with van der Waals surface area (Å²) in [5.41, 5.74) is 0. The number of hydrogen-bond donors (Lipinski definition) is 1. The Labute approximate surface area is 88.0 Å². The minimum absolute atomic E-state index is 0.859. The van der Waals surface area contributed by atoms with E-state index in [1.807, 2.05) is 0 Å². The molecule has 0 aromatic heterocycles. The molecule has 2 fully saturated rings. The Hall–Kier alpha value is -0.300. The number of nitrogens with one attached hydrogen (secondary N) is 1. The third kappa shape index (κ3) is 2.03. The third-order valence-corrected chi connectivity index (χ3v) is 4.32. The zero-order valence-electron chi connectivity index (χ0n) is 9.34. The van der Waals surface area contributed by atoms with Gasteiger partial charge in [0.25, 0.3) is 0 Å². The monoisotopic (exact) mass is 193 g/mol. The standard InChI is InChI=1S/C13H23N/c1-3-4-10(2)12-7-11-5-6-14-9-13(11)8-12/h3,10-14H,1,4-9H2,2H3. The SMILES string of the molecule is C=CCC(C)C1CC2CCNCC2C1. The fourth-order valence-corrected chi connectivity index (χ4v) is 3.36. The van der Waals surface area contributed by atoms with Crippen LogP contribution in [0.1, 0.15) is 32.6 Å². The van der Waals surface area contributed by atoms with Crippen LogP contribution in [-0.2, 0) is 0 Å². The maximum Gasteiger partial charge on any atom is -0.00178 e. The van der Waals surface area contributed by atoms with E-state index >= 15 is 0 Å². The Morgan fingerprint density at radius 2 is 2.21 bits per heavy atom. The molecule has 1 N–H and O–H groups in total. The van der Waals surface area contributed by atoms with Gasteiger partial charge in [0.15, 0.2) is 0 Å². The summed E-state index contributed by atoms with van der Waals surface area (Å²) in [4.78, 5) is 0. The van der Waals surface area contributed by atoms with Crippen LogP contribution in [0.4, 0.5) is 0 Å². The highest BCUT2D eigenvalue weighted by Crippen LogP contribution is 2.43. The van der Waals surface area contributed by atoms with Gasteiger partial charge in [-0.25, -0.2) is 0 Å². The van der Waals surface area contributed by atoms with Crippen LogP contribution in [0.2, 0.25) is 0 Å². The van der Waals surface area contributed by atoms with E-state index in [1.54, 1.807) is 0 Å². The van der Waals surface area contributed by atoms with Crippen LogP contribution >= 0.6 is 0 Å². The van der Waals surface area contributed by atoms with Crippen molar-refractivity contribution in [1.29, 1.82) is 0 Å². The number of hydrogen-bond acceptors (Lipinski definition) is 1. The van der Waals surface area contributed by atoms with Gasteiger partial charge in [-0.1, -0.05) is 13.0 Å². The second-order valence-corrected chi connectivity index (χ2v) is 5.25. The van der Waals surface area contributed by atoms with E-state index in [0.29, 0.717) is 0 Å². The Balaban J connectivity index is 1.88. The number of rotatable bonds is 3. The Kier molecular flexibility index (Phi) is 3.27. The zero-order valence-corrected chi connectivity index (χ0v) is 9.34. The molecule has 0 aromatic carbocycles. The van der Waals surface area contributed by atoms with E-state index in [2.05, 4.69) is 24.9 Å². The summed E-state index contributed by atoms with van der Waals surface area (Å²) < 4.78 is 0. The molecule has 80 valence electrons. The molecule has 4 atom stereocenters. The Morgan fingerprint density at radius 1 is 1.43 bits per heavy atom. The average Bonchev–Trinajstić information content (AvgIpc) is 2.61. The molecule has 2 rings (SSSR count). The second-order valence-electron chi connectivity index (χ2n) is 5.25. The van der Waals surface area contributed by atoms with Crippen molar-refractivity contribution in [3.63, 3.8) is 0 Å². The van der Waals surface area contributed by atoms with Gasteiger partial charge < -0.3 is 5.32 Å². The fraction of sp³-hybridized carbons (Fsp3) is 0.846. The molecule has 2 aliphatic rings. The van der Waals surface area contributed by atoms with Crippen molar-refractivity contribution >= 4 is 0 Å². The van der Waals surface area contributed by atoms with Gasteiger partial charge >= 0.3 is 0 Å². The van der Waals surface area contributed by atoms with Crippen LogP contribution in [-0.4, -0.2) is 13.1 Å². The Morgan fingerprint density at radius 3 is 2.93 bits per heavy atom. The minimum atomic E-state index is 0.859. The lowest BCUT2D eigenvalue weighted by Gasteiger charge is -2.25.